The molecule has 2 aromatic heterocycles. The zero-order valence-electron chi connectivity index (χ0n) is 20.2. The maximum Gasteiger partial charge on any atom is 0.164 e. The quantitative estimate of drug-likeness (QED) is 0.434. The Balaban J connectivity index is 1.44. The summed E-state index contributed by atoms with van der Waals surface area (Å²) in [6.45, 7) is 7.46. The van der Waals surface area contributed by atoms with Crippen molar-refractivity contribution in [3.8, 4) is 0 Å². The van der Waals surface area contributed by atoms with Gasteiger partial charge < -0.3 is 14.9 Å². The van der Waals surface area contributed by atoms with Gasteiger partial charge in [0.2, 0.25) is 0 Å². The molecule has 10 heteroatoms. The predicted octanol–water partition coefficient (Wildman–Crippen LogP) is 3.03. The monoisotopic (exact) mass is 490 g/mol. The summed E-state index contributed by atoms with van der Waals surface area (Å²) in [7, 11) is 1.79. The van der Waals surface area contributed by atoms with E-state index in [1.54, 1.807) is 11.9 Å². The Kier molecular flexibility index (Phi) is 7.79. The van der Waals surface area contributed by atoms with Gasteiger partial charge >= 0.3 is 0 Å². The number of nitrogens with one attached hydrogen (secondary N) is 1. The Bertz CT molecular complexity index is 1030. The van der Waals surface area contributed by atoms with Crippen molar-refractivity contribution >= 4 is 39.9 Å². The molecule has 8 nitrogen and oxygen atoms in total. The molecule has 1 atom stereocenters. The molecule has 2 aromatic rings. The van der Waals surface area contributed by atoms with Gasteiger partial charge in [0, 0.05) is 51.9 Å². The standard InChI is InChI=1S/C24H35FN6O2S/c1-4-20-23(28(3)24(26)34-16(2)25)31-13-19(5-6-22(31)27-20)30-9-7-29(8-10-30)14-21(33)18-11-17(12-18)15-32/h5-6,13,16-18,26,32H,4,7-12,14-15H2,1-3H3. The third-order valence-electron chi connectivity index (χ3n) is 6.94. The lowest BCUT2D eigenvalue weighted by Gasteiger charge is -2.38. The van der Waals surface area contributed by atoms with Crippen LogP contribution in [-0.2, 0) is 11.2 Å². The lowest BCUT2D eigenvalue weighted by atomic mass is 9.73. The van der Waals surface area contributed by atoms with E-state index in [2.05, 4.69) is 15.9 Å². The van der Waals surface area contributed by atoms with Crippen molar-refractivity contribution in [1.82, 2.24) is 14.3 Å². The van der Waals surface area contributed by atoms with Gasteiger partial charge in [-0.3, -0.25) is 19.5 Å². The largest absolute Gasteiger partial charge is 0.396 e. The molecule has 0 spiro atoms. The molecule has 2 N–H and O–H groups in total. The molecule has 1 aliphatic heterocycles. The van der Waals surface area contributed by atoms with Crippen LogP contribution in [0.1, 0.15) is 32.4 Å². The number of halogens is 1. The van der Waals surface area contributed by atoms with Crippen LogP contribution < -0.4 is 9.80 Å². The summed E-state index contributed by atoms with van der Waals surface area (Å²) in [4.78, 5) is 23.5. The van der Waals surface area contributed by atoms with Gasteiger partial charge in [-0.25, -0.2) is 9.37 Å². The number of aryl methyl sites for hydroxylation is 1. The highest BCUT2D eigenvalue weighted by molar-refractivity contribution is 8.14. The lowest BCUT2D eigenvalue weighted by molar-refractivity contribution is -0.128. The number of piperazine rings is 1. The molecule has 1 saturated carbocycles. The number of Topliss-reactive ketones (excluding diaryl/α,β-unsaturated/α-hetero) is 1. The van der Waals surface area contributed by atoms with Gasteiger partial charge in [-0.1, -0.05) is 18.7 Å². The Hall–Kier alpha value is -2.17. The van der Waals surface area contributed by atoms with E-state index in [4.69, 9.17) is 10.4 Å². The van der Waals surface area contributed by atoms with Gasteiger partial charge in [0.15, 0.2) is 5.17 Å². The minimum atomic E-state index is -1.15. The van der Waals surface area contributed by atoms with E-state index < -0.39 is 5.50 Å². The van der Waals surface area contributed by atoms with Crippen LogP contribution in [-0.4, -0.2) is 82.2 Å². The summed E-state index contributed by atoms with van der Waals surface area (Å²) in [5.74, 6) is 1.53. The number of rotatable bonds is 8. The van der Waals surface area contributed by atoms with Crippen LogP contribution in [0.5, 0.6) is 0 Å². The van der Waals surface area contributed by atoms with Crippen LogP contribution >= 0.6 is 11.8 Å². The van der Waals surface area contributed by atoms with Crippen LogP contribution in [0.15, 0.2) is 18.3 Å². The van der Waals surface area contributed by atoms with Gasteiger partial charge in [-0.2, -0.15) is 0 Å². The van der Waals surface area contributed by atoms with E-state index in [1.807, 2.05) is 23.6 Å². The third kappa shape index (κ3) is 5.23. The third-order valence-corrected chi connectivity index (χ3v) is 7.77. The zero-order valence-corrected chi connectivity index (χ0v) is 21.0. The van der Waals surface area contributed by atoms with Gasteiger partial charge in [-0.15, -0.1) is 0 Å². The van der Waals surface area contributed by atoms with E-state index in [9.17, 15) is 14.3 Å². The summed E-state index contributed by atoms with van der Waals surface area (Å²) >= 11 is 0.880. The van der Waals surface area contributed by atoms with Crippen molar-refractivity contribution in [2.24, 2.45) is 11.8 Å². The van der Waals surface area contributed by atoms with Gasteiger partial charge in [0.1, 0.15) is 22.8 Å². The molecule has 0 amide bonds. The van der Waals surface area contributed by atoms with Crippen LogP contribution in [0.3, 0.4) is 0 Å². The first-order valence-electron chi connectivity index (χ1n) is 12.1. The summed E-state index contributed by atoms with van der Waals surface area (Å²) < 4.78 is 15.5. The number of pyridine rings is 1. The van der Waals surface area contributed by atoms with Crippen molar-refractivity contribution in [2.45, 2.75) is 38.6 Å². The molecule has 34 heavy (non-hydrogen) atoms. The second-order valence-corrected chi connectivity index (χ2v) is 10.6. The van der Waals surface area contributed by atoms with E-state index in [-0.39, 0.29) is 17.7 Å². The Labute approximate surface area is 204 Å². The van der Waals surface area contributed by atoms with E-state index in [1.165, 1.54) is 6.92 Å². The van der Waals surface area contributed by atoms with Crippen molar-refractivity contribution in [3.05, 3.63) is 24.0 Å². The molecule has 0 bridgehead atoms. The SMILES string of the molecule is CCc1nc2ccc(N3CCN(CC(=O)C4CC(CO)C4)CC3)cn2c1N(C)C(=N)SC(C)F. The summed E-state index contributed by atoms with van der Waals surface area (Å²) in [5.41, 5.74) is 1.59. The summed E-state index contributed by atoms with van der Waals surface area (Å²) in [6, 6.07) is 4.06. The number of aliphatic hydroxyl groups is 1. The number of alkyl halides is 1. The number of aliphatic hydroxyl groups excluding tert-OH is 1. The Morgan fingerprint density at radius 2 is 2.03 bits per heavy atom. The maximum absolute atomic E-state index is 13.5. The van der Waals surface area contributed by atoms with E-state index >= 15 is 0 Å². The van der Waals surface area contributed by atoms with Crippen LogP contribution in [0.25, 0.3) is 5.65 Å². The first-order chi connectivity index (χ1) is 16.3. The number of ketones is 1. The molecule has 1 saturated heterocycles. The average molecular weight is 491 g/mol. The maximum atomic E-state index is 13.5. The van der Waals surface area contributed by atoms with Crippen molar-refractivity contribution < 1.29 is 14.3 Å². The highest BCUT2D eigenvalue weighted by atomic mass is 32.2. The van der Waals surface area contributed by atoms with Crippen molar-refractivity contribution in [2.75, 3.05) is 56.2 Å². The molecule has 0 aromatic carbocycles. The Morgan fingerprint density at radius 1 is 1.32 bits per heavy atom. The molecule has 1 aliphatic carbocycles. The summed E-state index contributed by atoms with van der Waals surface area (Å²) in [6.07, 6.45) is 4.43. The normalized spacial score (nSPS) is 22.0. The van der Waals surface area contributed by atoms with Crippen LogP contribution in [0.4, 0.5) is 15.9 Å². The smallest absolute Gasteiger partial charge is 0.164 e. The second-order valence-electron chi connectivity index (χ2n) is 9.32. The molecular weight excluding hydrogens is 455 g/mol. The number of carbonyl (C=O) groups is 1. The number of fused-ring (bicyclic) bond motifs is 1. The van der Waals surface area contributed by atoms with Crippen molar-refractivity contribution in [1.29, 1.82) is 5.41 Å². The highest BCUT2D eigenvalue weighted by Gasteiger charge is 2.34. The number of imidazole rings is 1. The topological polar surface area (TPSA) is 88.2 Å². The van der Waals surface area contributed by atoms with Crippen LogP contribution in [0.2, 0.25) is 0 Å². The van der Waals surface area contributed by atoms with Gasteiger partial charge in [-0.05, 0) is 44.2 Å². The minimum absolute atomic E-state index is 0.124. The first-order valence-corrected chi connectivity index (χ1v) is 12.9. The lowest BCUT2D eigenvalue weighted by Crippen LogP contribution is -2.49. The molecule has 4 rings (SSSR count). The molecule has 186 valence electrons. The fourth-order valence-electron chi connectivity index (χ4n) is 4.84. The molecular formula is C24H35FN6O2S. The van der Waals surface area contributed by atoms with Gasteiger partial charge in [0.25, 0.3) is 0 Å². The number of hydrogen-bond donors (Lipinski definition) is 2. The Morgan fingerprint density at radius 3 is 2.65 bits per heavy atom. The summed E-state index contributed by atoms with van der Waals surface area (Å²) in [5, 5.41) is 17.6. The zero-order chi connectivity index (χ0) is 24.4. The fraction of sp³-hybridized carbons (Fsp3) is 0.625. The average Bonchev–Trinajstić information content (AvgIpc) is 3.15. The fourth-order valence-corrected chi connectivity index (χ4v) is 5.39. The number of carbonyl (C=O) groups excluding carboxylic acids is 1. The molecule has 2 aliphatic rings. The molecule has 2 fully saturated rings. The first kappa shape index (κ1) is 24.9. The number of amidine groups is 1. The number of thioether (sulfide) groups is 1. The number of nitrogens with zero attached hydrogens (tertiary/aromatic N) is 5. The second kappa shape index (κ2) is 10.6. The predicted molar refractivity (Wildman–Crippen MR) is 136 cm³/mol. The highest BCUT2D eigenvalue weighted by Crippen LogP contribution is 2.34. The number of anilines is 2. The van der Waals surface area contributed by atoms with E-state index in [0.29, 0.717) is 24.7 Å². The van der Waals surface area contributed by atoms with Gasteiger partial charge in [0.05, 0.1) is 17.9 Å². The number of hydrogen-bond acceptors (Lipinski definition) is 7. The minimum Gasteiger partial charge on any atom is -0.396 e. The number of aromatic nitrogens is 2. The van der Waals surface area contributed by atoms with Crippen LogP contribution in [0, 0.1) is 17.2 Å². The molecule has 0 radical (unpaired) electrons. The van der Waals surface area contributed by atoms with Crippen molar-refractivity contribution in [3.63, 3.8) is 0 Å². The van der Waals surface area contributed by atoms with E-state index in [0.717, 1.165) is 73.6 Å². The molecule has 3 heterocycles. The molecule has 1 unspecified atom stereocenters.